The molecule has 1 saturated carbocycles. The summed E-state index contributed by atoms with van der Waals surface area (Å²) in [4.78, 5) is 17.9. The van der Waals surface area contributed by atoms with E-state index in [1.165, 1.54) is 45.5 Å². The molecule has 0 aliphatic heterocycles. The maximum Gasteiger partial charge on any atom is 0.279 e. The van der Waals surface area contributed by atoms with Gasteiger partial charge in [-0.1, -0.05) is 37.2 Å². The second-order valence-corrected chi connectivity index (χ2v) is 11.3. The van der Waals surface area contributed by atoms with Crippen molar-refractivity contribution in [2.24, 2.45) is 4.99 Å². The Bertz CT molecular complexity index is 1390. The van der Waals surface area contributed by atoms with Crippen LogP contribution in [-0.4, -0.2) is 36.3 Å². The molecular weight excluding hydrogens is 442 g/mol. The summed E-state index contributed by atoms with van der Waals surface area (Å²) in [6.07, 6.45) is 7.32. The fraction of sp³-hybridized carbons (Fsp3) is 0.333. The molecule has 1 aromatic heterocycles. The first-order valence-electron chi connectivity index (χ1n) is 10.5. The van der Waals surface area contributed by atoms with Gasteiger partial charge in [-0.25, -0.2) is 8.42 Å². The molecule has 0 bridgehead atoms. The van der Waals surface area contributed by atoms with Crippen LogP contribution in [0, 0.1) is 12.3 Å². The van der Waals surface area contributed by atoms with Crippen molar-refractivity contribution in [1.82, 2.24) is 8.87 Å². The van der Waals surface area contributed by atoms with Gasteiger partial charge in [0.05, 0.1) is 21.7 Å². The lowest BCUT2D eigenvalue weighted by Gasteiger charge is -2.16. The smallest absolute Gasteiger partial charge is 0.279 e. The van der Waals surface area contributed by atoms with E-state index in [1.54, 1.807) is 7.05 Å². The molecule has 0 N–H and O–H groups in total. The highest BCUT2D eigenvalue weighted by molar-refractivity contribution is 7.89. The summed E-state index contributed by atoms with van der Waals surface area (Å²) in [5, 5.41) is 0. The van der Waals surface area contributed by atoms with Crippen LogP contribution in [0.3, 0.4) is 0 Å². The monoisotopic (exact) mass is 467 g/mol. The van der Waals surface area contributed by atoms with E-state index in [2.05, 4.69) is 36.9 Å². The lowest BCUT2D eigenvalue weighted by Crippen LogP contribution is -2.28. The van der Waals surface area contributed by atoms with E-state index in [9.17, 15) is 13.2 Å². The lowest BCUT2D eigenvalue weighted by atomic mass is 10.0. The van der Waals surface area contributed by atoms with Crippen molar-refractivity contribution in [3.63, 3.8) is 0 Å². The summed E-state index contributed by atoms with van der Waals surface area (Å²) in [5.74, 6) is 2.58. The van der Waals surface area contributed by atoms with Crippen LogP contribution in [0.15, 0.2) is 52.4 Å². The number of hydrogen-bond acceptors (Lipinski definition) is 4. The van der Waals surface area contributed by atoms with Gasteiger partial charge in [-0.15, -0.1) is 6.42 Å². The molecule has 1 amide bonds. The second-order valence-electron chi connectivity index (χ2n) is 8.25. The topological polar surface area (TPSA) is 71.7 Å². The summed E-state index contributed by atoms with van der Waals surface area (Å²) in [7, 11) is -1.96. The molecule has 1 aliphatic carbocycles. The molecule has 4 rings (SSSR count). The van der Waals surface area contributed by atoms with Gasteiger partial charge in [-0.05, 0) is 60.7 Å². The Morgan fingerprint density at radius 2 is 1.94 bits per heavy atom. The Morgan fingerprint density at radius 1 is 1.25 bits per heavy atom. The van der Waals surface area contributed by atoms with Crippen LogP contribution < -0.4 is 4.80 Å². The predicted molar refractivity (Wildman–Crippen MR) is 127 cm³/mol. The molecule has 32 heavy (non-hydrogen) atoms. The number of hydrogen-bond donors (Lipinski definition) is 0. The summed E-state index contributed by atoms with van der Waals surface area (Å²) < 4.78 is 29.6. The summed E-state index contributed by atoms with van der Waals surface area (Å²) in [6, 6.07) is 12.2. The van der Waals surface area contributed by atoms with Crippen molar-refractivity contribution in [3.8, 4) is 12.3 Å². The summed E-state index contributed by atoms with van der Waals surface area (Å²) >= 11 is 1.42. The highest BCUT2D eigenvalue weighted by atomic mass is 32.2. The molecule has 1 heterocycles. The van der Waals surface area contributed by atoms with Crippen molar-refractivity contribution >= 4 is 37.5 Å². The normalized spacial score (nSPS) is 14.9. The number of nitrogens with zero attached hydrogens (tertiary/aromatic N) is 3. The van der Waals surface area contributed by atoms with Crippen LogP contribution in [0.4, 0.5) is 0 Å². The number of benzene rings is 2. The second kappa shape index (κ2) is 8.66. The highest BCUT2D eigenvalue weighted by Gasteiger charge is 2.35. The Balaban J connectivity index is 1.68. The zero-order chi connectivity index (χ0) is 23.0. The lowest BCUT2D eigenvalue weighted by molar-refractivity contribution is 0.0998. The van der Waals surface area contributed by atoms with E-state index < -0.39 is 15.9 Å². The van der Waals surface area contributed by atoms with Crippen molar-refractivity contribution in [2.75, 3.05) is 7.05 Å². The van der Waals surface area contributed by atoms with E-state index in [-0.39, 0.29) is 10.9 Å². The first-order chi connectivity index (χ1) is 15.2. The highest BCUT2D eigenvalue weighted by Crippen LogP contribution is 2.30. The van der Waals surface area contributed by atoms with Gasteiger partial charge >= 0.3 is 0 Å². The SMILES string of the molecule is C#CCn1c(=NC(=O)c2ccc(S(=O)(=O)N(C)C3CC3)cc2)sc2cc(C(C)C)ccc21. The van der Waals surface area contributed by atoms with E-state index in [0.29, 0.717) is 22.8 Å². The Morgan fingerprint density at radius 3 is 2.53 bits per heavy atom. The Labute approximate surface area is 192 Å². The number of sulfonamides is 1. The Hall–Kier alpha value is -2.73. The van der Waals surface area contributed by atoms with Crippen molar-refractivity contribution in [2.45, 2.75) is 50.1 Å². The first kappa shape index (κ1) is 22.5. The van der Waals surface area contributed by atoms with Crippen LogP contribution in [0.5, 0.6) is 0 Å². The van der Waals surface area contributed by atoms with E-state index >= 15 is 0 Å². The van der Waals surface area contributed by atoms with Crippen LogP contribution in [0.2, 0.25) is 0 Å². The van der Waals surface area contributed by atoms with Crippen molar-refractivity contribution in [3.05, 3.63) is 58.4 Å². The average molecular weight is 468 g/mol. The number of carbonyl (C=O) groups excluding carboxylic acids is 1. The standard InChI is InChI=1S/C24H25N3O3S2/c1-5-14-27-21-13-8-18(16(2)3)15-22(21)31-24(27)25-23(28)17-6-11-20(12-7-17)32(29,30)26(4)19-9-10-19/h1,6-8,11-13,15-16,19H,9-10,14H2,2-4H3. The number of amides is 1. The number of aromatic nitrogens is 1. The number of carbonyl (C=O) groups is 1. The molecule has 1 fully saturated rings. The number of terminal acetylenes is 1. The van der Waals surface area contributed by atoms with Gasteiger partial charge in [0.15, 0.2) is 4.80 Å². The summed E-state index contributed by atoms with van der Waals surface area (Å²) in [5.41, 5.74) is 2.47. The minimum Gasteiger partial charge on any atom is -0.305 e. The van der Waals surface area contributed by atoms with Gasteiger partial charge in [-0.2, -0.15) is 9.30 Å². The number of thiazole rings is 1. The van der Waals surface area contributed by atoms with Gasteiger partial charge in [0, 0.05) is 18.7 Å². The minimum absolute atomic E-state index is 0.0760. The van der Waals surface area contributed by atoms with Gasteiger partial charge in [0.25, 0.3) is 5.91 Å². The Kier molecular flexibility index (Phi) is 6.08. The van der Waals surface area contributed by atoms with Gasteiger partial charge in [-0.3, -0.25) is 4.79 Å². The van der Waals surface area contributed by atoms with E-state index in [4.69, 9.17) is 6.42 Å². The third-order valence-electron chi connectivity index (χ3n) is 5.66. The molecule has 8 heteroatoms. The molecule has 0 atom stereocenters. The predicted octanol–water partition coefficient (Wildman–Crippen LogP) is 3.98. The maximum absolute atomic E-state index is 12.9. The quantitative estimate of drug-likeness (QED) is 0.515. The largest absolute Gasteiger partial charge is 0.305 e. The van der Waals surface area contributed by atoms with E-state index in [1.807, 2.05) is 10.6 Å². The molecule has 0 saturated heterocycles. The van der Waals surface area contributed by atoms with Crippen LogP contribution >= 0.6 is 11.3 Å². The van der Waals surface area contributed by atoms with Crippen molar-refractivity contribution in [1.29, 1.82) is 0 Å². The summed E-state index contributed by atoms with van der Waals surface area (Å²) in [6.45, 7) is 4.56. The molecular formula is C24H25N3O3S2. The van der Waals surface area contributed by atoms with Gasteiger partial charge in [0.2, 0.25) is 10.0 Å². The zero-order valence-corrected chi connectivity index (χ0v) is 19.9. The third-order valence-corrected chi connectivity index (χ3v) is 8.62. The maximum atomic E-state index is 12.9. The van der Waals surface area contributed by atoms with Gasteiger partial charge in [0.1, 0.15) is 0 Å². The molecule has 0 unspecified atom stereocenters. The first-order valence-corrected chi connectivity index (χ1v) is 12.7. The van der Waals surface area contributed by atoms with Crippen LogP contribution in [-0.2, 0) is 16.6 Å². The molecule has 0 spiro atoms. The van der Waals surface area contributed by atoms with E-state index in [0.717, 1.165) is 23.1 Å². The average Bonchev–Trinajstić information content (AvgIpc) is 3.57. The molecule has 2 aromatic carbocycles. The molecule has 166 valence electrons. The number of fused-ring (bicyclic) bond motifs is 1. The van der Waals surface area contributed by atoms with Crippen LogP contribution in [0.1, 0.15) is 48.5 Å². The third kappa shape index (κ3) is 4.29. The fourth-order valence-electron chi connectivity index (χ4n) is 3.50. The van der Waals surface area contributed by atoms with Crippen molar-refractivity contribution < 1.29 is 13.2 Å². The minimum atomic E-state index is -3.55. The van der Waals surface area contributed by atoms with Gasteiger partial charge < -0.3 is 4.57 Å². The zero-order valence-electron chi connectivity index (χ0n) is 18.3. The molecule has 0 radical (unpaired) electrons. The number of rotatable bonds is 6. The molecule has 1 aliphatic rings. The fourth-order valence-corrected chi connectivity index (χ4v) is 5.99. The molecule has 3 aromatic rings. The molecule has 6 nitrogen and oxygen atoms in total. The van der Waals surface area contributed by atoms with Crippen LogP contribution in [0.25, 0.3) is 10.2 Å².